The van der Waals surface area contributed by atoms with E-state index in [9.17, 15) is 9.59 Å². The molecular formula is C17H32N2O4. The van der Waals surface area contributed by atoms with E-state index < -0.39 is 0 Å². The fourth-order valence-corrected chi connectivity index (χ4v) is 2.27. The molecule has 1 aliphatic carbocycles. The third-order valence-corrected chi connectivity index (χ3v) is 3.88. The molecule has 1 fully saturated rings. The van der Waals surface area contributed by atoms with Crippen molar-refractivity contribution in [1.29, 1.82) is 0 Å². The van der Waals surface area contributed by atoms with Crippen molar-refractivity contribution in [1.82, 2.24) is 10.6 Å². The highest BCUT2D eigenvalue weighted by Crippen LogP contribution is 2.21. The van der Waals surface area contributed by atoms with E-state index in [4.69, 9.17) is 9.84 Å². The number of carbonyl (C=O) groups excluding carboxylic acids is 2. The molecule has 0 heterocycles. The Balaban J connectivity index is 0.00000232. The van der Waals surface area contributed by atoms with Crippen molar-refractivity contribution in [2.45, 2.75) is 71.1 Å². The zero-order chi connectivity index (χ0) is 17.8. The van der Waals surface area contributed by atoms with Crippen LogP contribution in [0.4, 0.5) is 0 Å². The van der Waals surface area contributed by atoms with Gasteiger partial charge in [0.05, 0.1) is 6.54 Å². The first-order valence-electron chi connectivity index (χ1n) is 8.26. The Hall–Kier alpha value is -1.40. The highest BCUT2D eigenvalue weighted by atomic mass is 16.5. The van der Waals surface area contributed by atoms with Gasteiger partial charge in [0.25, 0.3) is 0 Å². The molecule has 1 amide bonds. The first-order valence-corrected chi connectivity index (χ1v) is 8.26. The van der Waals surface area contributed by atoms with Crippen LogP contribution in [0.3, 0.4) is 0 Å². The number of carbonyl (C=O) groups is 2. The monoisotopic (exact) mass is 328 g/mol. The highest BCUT2D eigenvalue weighted by molar-refractivity contribution is 5.87. The average molecular weight is 328 g/mol. The minimum absolute atomic E-state index is 0.0395. The number of rotatable bonds is 7. The van der Waals surface area contributed by atoms with Crippen molar-refractivity contribution in [3.8, 4) is 0 Å². The Bertz CT molecular complexity index is 377. The lowest BCUT2D eigenvalue weighted by Crippen LogP contribution is -2.44. The summed E-state index contributed by atoms with van der Waals surface area (Å²) < 4.78 is 5.34. The normalized spacial score (nSPS) is 21.4. The number of hydrogen-bond donors (Lipinski definition) is 3. The molecule has 1 atom stereocenters. The zero-order valence-corrected chi connectivity index (χ0v) is 14.9. The van der Waals surface area contributed by atoms with Crippen LogP contribution in [0.1, 0.15) is 52.9 Å². The summed E-state index contributed by atoms with van der Waals surface area (Å²) in [5, 5.41) is 13.2. The number of aliphatic hydroxyl groups is 1. The maximum Gasteiger partial charge on any atom is 0.333 e. The van der Waals surface area contributed by atoms with Gasteiger partial charge in [-0.15, -0.1) is 0 Å². The minimum atomic E-state index is -0.319. The van der Waals surface area contributed by atoms with Gasteiger partial charge >= 0.3 is 5.97 Å². The lowest BCUT2D eigenvalue weighted by molar-refractivity contribution is -0.146. The van der Waals surface area contributed by atoms with E-state index >= 15 is 0 Å². The molecule has 23 heavy (non-hydrogen) atoms. The van der Waals surface area contributed by atoms with Gasteiger partial charge in [-0.25, -0.2) is 4.79 Å². The number of aliphatic hydroxyl groups excluding tert-OH is 1. The van der Waals surface area contributed by atoms with Gasteiger partial charge in [0, 0.05) is 24.8 Å². The maximum absolute atomic E-state index is 11.8. The molecule has 1 aliphatic rings. The second-order valence-corrected chi connectivity index (χ2v) is 5.92. The van der Waals surface area contributed by atoms with Gasteiger partial charge < -0.3 is 20.5 Å². The van der Waals surface area contributed by atoms with Gasteiger partial charge in [0.1, 0.15) is 6.10 Å². The average Bonchev–Trinajstić information content (AvgIpc) is 2.56. The first-order chi connectivity index (χ1) is 10.9. The summed E-state index contributed by atoms with van der Waals surface area (Å²) in [4.78, 5) is 23.3. The zero-order valence-electron chi connectivity index (χ0n) is 14.9. The Morgan fingerprint density at radius 2 is 1.83 bits per heavy atom. The molecule has 0 aliphatic heterocycles. The molecule has 0 radical (unpaired) electrons. The molecule has 0 spiro atoms. The molecular weight excluding hydrogens is 296 g/mol. The summed E-state index contributed by atoms with van der Waals surface area (Å²) in [6.07, 6.45) is 4.25. The molecule has 1 rings (SSSR count). The Morgan fingerprint density at radius 3 is 2.30 bits per heavy atom. The summed E-state index contributed by atoms with van der Waals surface area (Å²) in [5.41, 5.74) is 0.432. The van der Waals surface area contributed by atoms with Crippen molar-refractivity contribution in [2.24, 2.45) is 0 Å². The molecule has 0 saturated heterocycles. The fraction of sp³-hybridized carbons (Fsp3) is 0.765. The van der Waals surface area contributed by atoms with E-state index in [1.54, 1.807) is 6.92 Å². The van der Waals surface area contributed by atoms with Crippen molar-refractivity contribution in [3.63, 3.8) is 0 Å². The van der Waals surface area contributed by atoms with Crippen LogP contribution in [-0.2, 0) is 14.3 Å². The van der Waals surface area contributed by atoms with Crippen LogP contribution in [0, 0.1) is 0 Å². The van der Waals surface area contributed by atoms with E-state index in [0.717, 1.165) is 39.2 Å². The molecule has 0 bridgehead atoms. The van der Waals surface area contributed by atoms with Crippen LogP contribution in [-0.4, -0.2) is 48.8 Å². The van der Waals surface area contributed by atoms with Gasteiger partial charge in [0.2, 0.25) is 5.91 Å². The predicted octanol–water partition coefficient (Wildman–Crippen LogP) is 1.53. The van der Waals surface area contributed by atoms with E-state index in [1.807, 2.05) is 0 Å². The molecule has 0 aromatic rings. The largest absolute Gasteiger partial charge is 0.459 e. The second kappa shape index (κ2) is 12.1. The topological polar surface area (TPSA) is 87.7 Å². The lowest BCUT2D eigenvalue weighted by atomic mass is 9.93. The smallest absolute Gasteiger partial charge is 0.333 e. The van der Waals surface area contributed by atoms with E-state index in [-0.39, 0.29) is 24.0 Å². The highest BCUT2D eigenvalue weighted by Gasteiger charge is 2.24. The van der Waals surface area contributed by atoms with Crippen LogP contribution < -0.4 is 10.6 Å². The van der Waals surface area contributed by atoms with Gasteiger partial charge in [-0.05, 0) is 46.0 Å². The summed E-state index contributed by atoms with van der Waals surface area (Å²) in [6, 6.07) is 0.545. The molecule has 6 nitrogen and oxygen atoms in total. The first kappa shape index (κ1) is 21.6. The Labute approximate surface area is 139 Å². The van der Waals surface area contributed by atoms with Crippen molar-refractivity contribution < 1.29 is 19.4 Å². The predicted molar refractivity (Wildman–Crippen MR) is 91.0 cm³/mol. The Morgan fingerprint density at radius 1 is 1.26 bits per heavy atom. The number of hydrogen-bond acceptors (Lipinski definition) is 5. The third-order valence-electron chi connectivity index (χ3n) is 3.88. The van der Waals surface area contributed by atoms with Crippen molar-refractivity contribution in [2.75, 3.05) is 13.7 Å². The molecule has 1 saturated carbocycles. The van der Waals surface area contributed by atoms with Gasteiger partial charge in [-0.2, -0.15) is 0 Å². The molecule has 6 heteroatoms. The van der Waals surface area contributed by atoms with Crippen LogP contribution in [0.15, 0.2) is 12.2 Å². The van der Waals surface area contributed by atoms with Crippen molar-refractivity contribution in [3.05, 3.63) is 12.2 Å². The maximum atomic E-state index is 11.8. The second-order valence-electron chi connectivity index (χ2n) is 5.92. The molecule has 0 aromatic carbocycles. The lowest BCUT2D eigenvalue weighted by Gasteiger charge is -2.29. The summed E-state index contributed by atoms with van der Waals surface area (Å²) in [6.45, 7) is 9.74. The molecule has 3 N–H and O–H groups in total. The Kier molecular flexibility index (Phi) is 11.3. The van der Waals surface area contributed by atoms with Crippen LogP contribution in [0.5, 0.6) is 0 Å². The van der Waals surface area contributed by atoms with E-state index in [1.165, 1.54) is 0 Å². The van der Waals surface area contributed by atoms with E-state index in [2.05, 4.69) is 31.1 Å². The molecule has 134 valence electrons. The third kappa shape index (κ3) is 9.36. The van der Waals surface area contributed by atoms with Gasteiger partial charge in [-0.3, -0.25) is 4.79 Å². The number of ether oxygens (including phenoxy) is 1. The summed E-state index contributed by atoms with van der Waals surface area (Å²) in [7, 11) is 1.00. The standard InChI is InChI=1S/C16H28N2O3.CH4O/c1-5-12(4)17-10-15(19)18-13-6-8-14(9-7-13)21-16(20)11(2)3;1-2/h12-14,17H,2,5-10H2,1,3-4H3,(H,18,19);2H,1H3. The summed E-state index contributed by atoms with van der Waals surface area (Å²) in [5.74, 6) is -0.280. The number of nitrogens with one attached hydrogen (secondary N) is 2. The van der Waals surface area contributed by atoms with Crippen molar-refractivity contribution >= 4 is 11.9 Å². The summed E-state index contributed by atoms with van der Waals surface area (Å²) >= 11 is 0. The van der Waals surface area contributed by atoms with Gasteiger partial charge in [-0.1, -0.05) is 13.5 Å². The SMILES string of the molecule is C=C(C)C(=O)OC1CCC(NC(=O)CNC(C)CC)CC1.CO. The number of amides is 1. The minimum Gasteiger partial charge on any atom is -0.459 e. The van der Waals surface area contributed by atoms with Gasteiger partial charge in [0.15, 0.2) is 0 Å². The fourth-order valence-electron chi connectivity index (χ4n) is 2.27. The van der Waals surface area contributed by atoms with Crippen LogP contribution in [0.25, 0.3) is 0 Å². The molecule has 0 aromatic heterocycles. The van der Waals surface area contributed by atoms with E-state index in [0.29, 0.717) is 18.2 Å². The quantitative estimate of drug-likeness (QED) is 0.487. The van der Waals surface area contributed by atoms with Crippen LogP contribution in [0.2, 0.25) is 0 Å². The number of esters is 1. The van der Waals surface area contributed by atoms with Crippen LogP contribution >= 0.6 is 0 Å². The molecule has 1 unspecified atom stereocenters.